The van der Waals surface area contributed by atoms with Gasteiger partial charge in [0.2, 0.25) is 0 Å². The number of anilines is 1. The third-order valence-corrected chi connectivity index (χ3v) is 3.83. The summed E-state index contributed by atoms with van der Waals surface area (Å²) in [7, 11) is 0. The van der Waals surface area contributed by atoms with Gasteiger partial charge in [0.1, 0.15) is 18.2 Å². The Morgan fingerprint density at radius 1 is 1.04 bits per heavy atom. The molecule has 0 aliphatic carbocycles. The molecular formula is C19H18N4O. The molecule has 0 saturated carbocycles. The Morgan fingerprint density at radius 2 is 1.83 bits per heavy atom. The predicted octanol–water partition coefficient (Wildman–Crippen LogP) is 3.68. The zero-order chi connectivity index (χ0) is 16.4. The fourth-order valence-corrected chi connectivity index (χ4v) is 2.77. The minimum atomic E-state index is 0.573. The number of rotatable bonds is 5. The highest BCUT2D eigenvalue weighted by molar-refractivity contribution is 5.91. The minimum Gasteiger partial charge on any atom is -0.492 e. The van der Waals surface area contributed by atoms with Gasteiger partial charge in [-0.25, -0.2) is 9.50 Å². The highest BCUT2D eigenvalue weighted by Crippen LogP contribution is 2.23. The zero-order valence-corrected chi connectivity index (χ0v) is 13.4. The molecule has 0 saturated heterocycles. The van der Waals surface area contributed by atoms with Gasteiger partial charge < -0.3 is 10.1 Å². The number of ether oxygens (including phenoxy) is 1. The van der Waals surface area contributed by atoms with E-state index in [1.807, 2.05) is 60.0 Å². The summed E-state index contributed by atoms with van der Waals surface area (Å²) in [6.45, 7) is 3.23. The smallest absolute Gasteiger partial charge is 0.158 e. The van der Waals surface area contributed by atoms with Gasteiger partial charge in [0.25, 0.3) is 0 Å². The van der Waals surface area contributed by atoms with E-state index in [9.17, 15) is 0 Å². The van der Waals surface area contributed by atoms with E-state index >= 15 is 0 Å². The Bertz CT molecular complexity index is 979. The minimum absolute atomic E-state index is 0.573. The Hall–Kier alpha value is -3.08. The van der Waals surface area contributed by atoms with Gasteiger partial charge in [0.05, 0.1) is 17.8 Å². The molecule has 0 spiro atoms. The van der Waals surface area contributed by atoms with Crippen molar-refractivity contribution in [2.75, 3.05) is 18.5 Å². The number of nitrogens with one attached hydrogen (secondary N) is 1. The van der Waals surface area contributed by atoms with Gasteiger partial charge in [-0.2, -0.15) is 5.10 Å². The Balaban J connectivity index is 1.56. The van der Waals surface area contributed by atoms with Gasteiger partial charge in [0, 0.05) is 11.5 Å². The first-order chi connectivity index (χ1) is 11.8. The first kappa shape index (κ1) is 14.5. The molecule has 5 heteroatoms. The molecule has 0 bridgehead atoms. The highest BCUT2D eigenvalue weighted by Gasteiger charge is 2.09. The molecule has 0 aliphatic rings. The number of nitrogens with zero attached hydrogens (tertiary/aromatic N) is 3. The van der Waals surface area contributed by atoms with Crippen LogP contribution in [0.4, 0.5) is 5.82 Å². The van der Waals surface area contributed by atoms with Crippen LogP contribution in [0, 0.1) is 6.92 Å². The third kappa shape index (κ3) is 2.76. The van der Waals surface area contributed by atoms with E-state index in [1.54, 1.807) is 0 Å². The third-order valence-electron chi connectivity index (χ3n) is 3.83. The topological polar surface area (TPSA) is 51.5 Å². The largest absolute Gasteiger partial charge is 0.492 e. The normalized spacial score (nSPS) is 11.0. The second kappa shape index (κ2) is 6.20. The van der Waals surface area contributed by atoms with E-state index in [2.05, 4.69) is 22.5 Å². The molecule has 2 aromatic heterocycles. The number of benzene rings is 2. The van der Waals surface area contributed by atoms with Crippen LogP contribution in [0.3, 0.4) is 0 Å². The molecule has 0 atom stereocenters. The zero-order valence-electron chi connectivity index (χ0n) is 13.4. The summed E-state index contributed by atoms with van der Waals surface area (Å²) in [5.74, 6) is 1.73. The summed E-state index contributed by atoms with van der Waals surface area (Å²) >= 11 is 0. The van der Waals surface area contributed by atoms with Crippen LogP contribution < -0.4 is 10.1 Å². The lowest BCUT2D eigenvalue weighted by Crippen LogP contribution is -2.13. The van der Waals surface area contributed by atoms with Crippen LogP contribution in [0.15, 0.2) is 60.7 Å². The molecule has 2 aromatic carbocycles. The maximum Gasteiger partial charge on any atom is 0.158 e. The first-order valence-corrected chi connectivity index (χ1v) is 7.98. The van der Waals surface area contributed by atoms with Gasteiger partial charge in [-0.05, 0) is 31.2 Å². The van der Waals surface area contributed by atoms with Crippen LogP contribution >= 0.6 is 0 Å². The van der Waals surface area contributed by atoms with Gasteiger partial charge in [-0.3, -0.25) is 0 Å². The maximum absolute atomic E-state index is 5.72. The number of fused-ring (bicyclic) bond motifs is 3. The molecule has 0 radical (unpaired) electrons. The van der Waals surface area contributed by atoms with Crippen molar-refractivity contribution >= 4 is 22.4 Å². The lowest BCUT2D eigenvalue weighted by Gasteiger charge is -2.11. The van der Waals surface area contributed by atoms with Gasteiger partial charge in [-0.1, -0.05) is 30.3 Å². The fraction of sp³-hybridized carbons (Fsp3) is 0.158. The second-order valence-corrected chi connectivity index (χ2v) is 5.62. The lowest BCUT2D eigenvalue weighted by atomic mass is 10.2. The van der Waals surface area contributed by atoms with Crippen LogP contribution in [-0.4, -0.2) is 27.7 Å². The van der Waals surface area contributed by atoms with Crippen LogP contribution in [0.1, 0.15) is 5.69 Å². The van der Waals surface area contributed by atoms with Crippen molar-refractivity contribution in [2.24, 2.45) is 0 Å². The standard InChI is InChI=1S/C19H18N4O/c1-14-13-18-21-19(16-9-5-6-10-17(16)23(18)22-14)20-11-12-24-15-7-3-2-4-8-15/h2-10,13H,11-12H2,1H3,(H,20,21). The predicted molar refractivity (Wildman–Crippen MR) is 95.7 cm³/mol. The quantitative estimate of drug-likeness (QED) is 0.570. The molecule has 0 amide bonds. The molecule has 0 fully saturated rings. The van der Waals surface area contributed by atoms with Crippen LogP contribution in [0.2, 0.25) is 0 Å². The summed E-state index contributed by atoms with van der Waals surface area (Å²) in [6.07, 6.45) is 0. The summed E-state index contributed by atoms with van der Waals surface area (Å²) in [6, 6.07) is 19.9. The van der Waals surface area contributed by atoms with E-state index in [-0.39, 0.29) is 0 Å². The molecule has 24 heavy (non-hydrogen) atoms. The van der Waals surface area contributed by atoms with Crippen molar-refractivity contribution < 1.29 is 4.74 Å². The van der Waals surface area contributed by atoms with Gasteiger partial charge >= 0.3 is 0 Å². The van der Waals surface area contributed by atoms with Crippen LogP contribution in [0.5, 0.6) is 5.75 Å². The van der Waals surface area contributed by atoms with Crippen molar-refractivity contribution in [2.45, 2.75) is 6.92 Å². The number of hydrogen-bond donors (Lipinski definition) is 1. The SMILES string of the molecule is Cc1cc2nc(NCCOc3ccccc3)c3ccccc3n2n1. The number of aryl methyl sites for hydroxylation is 1. The van der Waals surface area contributed by atoms with Crippen molar-refractivity contribution in [1.82, 2.24) is 14.6 Å². The van der Waals surface area contributed by atoms with Crippen molar-refractivity contribution in [3.8, 4) is 5.75 Å². The number of para-hydroxylation sites is 2. The van der Waals surface area contributed by atoms with E-state index in [0.717, 1.165) is 33.8 Å². The number of hydrogen-bond acceptors (Lipinski definition) is 4. The molecule has 120 valence electrons. The molecule has 4 aromatic rings. The molecule has 4 rings (SSSR count). The second-order valence-electron chi connectivity index (χ2n) is 5.62. The summed E-state index contributed by atoms with van der Waals surface area (Å²) < 4.78 is 7.61. The maximum atomic E-state index is 5.72. The Morgan fingerprint density at radius 3 is 2.71 bits per heavy atom. The molecule has 0 unspecified atom stereocenters. The van der Waals surface area contributed by atoms with Gasteiger partial charge in [0.15, 0.2) is 5.65 Å². The molecule has 5 nitrogen and oxygen atoms in total. The number of aromatic nitrogens is 3. The molecule has 1 N–H and O–H groups in total. The average molecular weight is 318 g/mol. The summed E-state index contributed by atoms with van der Waals surface area (Å²) in [5.41, 5.74) is 2.84. The van der Waals surface area contributed by atoms with Crippen molar-refractivity contribution in [1.29, 1.82) is 0 Å². The summed E-state index contributed by atoms with van der Waals surface area (Å²) in [5, 5.41) is 8.95. The molecular weight excluding hydrogens is 300 g/mol. The monoisotopic (exact) mass is 318 g/mol. The molecule has 2 heterocycles. The van der Waals surface area contributed by atoms with E-state index < -0.39 is 0 Å². The Labute approximate surface area is 139 Å². The fourth-order valence-electron chi connectivity index (χ4n) is 2.77. The summed E-state index contributed by atoms with van der Waals surface area (Å²) in [4.78, 5) is 4.70. The van der Waals surface area contributed by atoms with Crippen molar-refractivity contribution in [3.63, 3.8) is 0 Å². The first-order valence-electron chi connectivity index (χ1n) is 7.98. The Kier molecular flexibility index (Phi) is 3.75. The molecule has 0 aliphatic heterocycles. The van der Waals surface area contributed by atoms with Crippen LogP contribution in [-0.2, 0) is 0 Å². The van der Waals surface area contributed by atoms with E-state index in [0.29, 0.717) is 13.2 Å². The van der Waals surface area contributed by atoms with Crippen molar-refractivity contribution in [3.05, 3.63) is 66.4 Å². The van der Waals surface area contributed by atoms with Gasteiger partial charge in [-0.15, -0.1) is 0 Å². The van der Waals surface area contributed by atoms with Crippen LogP contribution in [0.25, 0.3) is 16.6 Å². The van der Waals surface area contributed by atoms with E-state index in [4.69, 9.17) is 9.72 Å². The highest BCUT2D eigenvalue weighted by atomic mass is 16.5. The average Bonchev–Trinajstić information content (AvgIpc) is 3.00. The lowest BCUT2D eigenvalue weighted by molar-refractivity contribution is 0.333. The van der Waals surface area contributed by atoms with E-state index in [1.165, 1.54) is 0 Å².